The maximum Gasteiger partial charge on any atom is 0.129 e. The third-order valence-electron chi connectivity index (χ3n) is 1.51. The Balaban J connectivity index is 2.15. The molecule has 0 radical (unpaired) electrons. The van der Waals surface area contributed by atoms with Gasteiger partial charge in [-0.25, -0.2) is 0 Å². The number of nitrogens with zero attached hydrogens (tertiary/aromatic N) is 1. The first-order valence-corrected chi connectivity index (χ1v) is 3.26. The van der Waals surface area contributed by atoms with Gasteiger partial charge in [-0.1, -0.05) is 0 Å². The zero-order chi connectivity index (χ0) is 6.53. The molecule has 1 aliphatic rings. The molecule has 0 saturated carbocycles. The molecule has 0 aromatic rings. The van der Waals surface area contributed by atoms with Crippen LogP contribution in [-0.2, 0) is 4.84 Å². The Bertz CT molecular complexity index is 89.1. The Kier molecular flexibility index (Phi) is 2.51. The number of rotatable bonds is 2. The number of nitrogens with one attached hydrogen (secondary N) is 1. The Morgan fingerprint density at radius 3 is 2.67 bits per heavy atom. The average molecular weight is 128 g/mol. The molecule has 0 spiro atoms. The van der Waals surface area contributed by atoms with Gasteiger partial charge >= 0.3 is 0 Å². The summed E-state index contributed by atoms with van der Waals surface area (Å²) in [7, 11) is 0. The van der Waals surface area contributed by atoms with Gasteiger partial charge in [0.2, 0.25) is 0 Å². The predicted molar refractivity (Wildman–Crippen MR) is 36.5 cm³/mol. The third-order valence-corrected chi connectivity index (χ3v) is 1.51. The van der Waals surface area contributed by atoms with E-state index in [-0.39, 0.29) is 0 Å². The minimum Gasteiger partial charge on any atom is -0.393 e. The maximum atomic E-state index is 4.96. The largest absolute Gasteiger partial charge is 0.393 e. The summed E-state index contributed by atoms with van der Waals surface area (Å²) in [6.45, 7) is 5.35. The SMILES string of the molecule is C=NOC1CCNCC1. The summed E-state index contributed by atoms with van der Waals surface area (Å²) < 4.78 is 0. The van der Waals surface area contributed by atoms with E-state index in [1.165, 1.54) is 0 Å². The molecule has 0 aromatic heterocycles. The highest BCUT2D eigenvalue weighted by molar-refractivity contribution is 5.21. The molecule has 0 aliphatic carbocycles. The van der Waals surface area contributed by atoms with Crippen LogP contribution in [-0.4, -0.2) is 25.9 Å². The van der Waals surface area contributed by atoms with E-state index < -0.39 is 0 Å². The fraction of sp³-hybridized carbons (Fsp3) is 0.833. The molecule has 0 amide bonds. The van der Waals surface area contributed by atoms with Gasteiger partial charge in [0.05, 0.1) is 0 Å². The van der Waals surface area contributed by atoms with E-state index in [1.54, 1.807) is 0 Å². The van der Waals surface area contributed by atoms with E-state index in [2.05, 4.69) is 17.2 Å². The van der Waals surface area contributed by atoms with E-state index in [9.17, 15) is 0 Å². The first-order valence-electron chi connectivity index (χ1n) is 3.26. The number of piperidine rings is 1. The molecule has 1 saturated heterocycles. The smallest absolute Gasteiger partial charge is 0.129 e. The summed E-state index contributed by atoms with van der Waals surface area (Å²) in [5, 5.41) is 6.61. The van der Waals surface area contributed by atoms with Gasteiger partial charge in [0.15, 0.2) is 0 Å². The van der Waals surface area contributed by atoms with Gasteiger partial charge in [-0.2, -0.15) is 0 Å². The maximum absolute atomic E-state index is 4.96. The lowest BCUT2D eigenvalue weighted by molar-refractivity contribution is 0.0395. The Labute approximate surface area is 55.1 Å². The molecule has 1 heterocycles. The zero-order valence-electron chi connectivity index (χ0n) is 5.47. The molecule has 1 fully saturated rings. The average Bonchev–Trinajstić information content (AvgIpc) is 1.91. The van der Waals surface area contributed by atoms with Gasteiger partial charge in [-0.05, 0) is 25.9 Å². The highest BCUT2D eigenvalue weighted by Crippen LogP contribution is 2.06. The lowest BCUT2D eigenvalue weighted by atomic mass is 10.1. The Hall–Kier alpha value is -0.570. The summed E-state index contributed by atoms with van der Waals surface area (Å²) in [4.78, 5) is 4.96. The summed E-state index contributed by atoms with van der Waals surface area (Å²) in [6.07, 6.45) is 2.42. The van der Waals surface area contributed by atoms with Crippen molar-refractivity contribution in [2.24, 2.45) is 5.16 Å². The summed E-state index contributed by atoms with van der Waals surface area (Å²) in [5.74, 6) is 0. The number of hydrogen-bond acceptors (Lipinski definition) is 3. The van der Waals surface area contributed by atoms with Crippen molar-refractivity contribution >= 4 is 6.72 Å². The molecule has 9 heavy (non-hydrogen) atoms. The van der Waals surface area contributed by atoms with Crippen molar-refractivity contribution in [2.75, 3.05) is 13.1 Å². The summed E-state index contributed by atoms with van der Waals surface area (Å²) in [5.41, 5.74) is 0. The van der Waals surface area contributed by atoms with Crippen molar-refractivity contribution in [1.29, 1.82) is 0 Å². The van der Waals surface area contributed by atoms with Crippen LogP contribution in [0.2, 0.25) is 0 Å². The van der Waals surface area contributed by atoms with Crippen LogP contribution < -0.4 is 5.32 Å². The lowest BCUT2D eigenvalue weighted by Crippen LogP contribution is -2.31. The van der Waals surface area contributed by atoms with Crippen LogP contribution >= 0.6 is 0 Å². The lowest BCUT2D eigenvalue weighted by Gasteiger charge is -2.19. The second kappa shape index (κ2) is 3.45. The number of hydrogen-bond donors (Lipinski definition) is 1. The van der Waals surface area contributed by atoms with Gasteiger partial charge in [0.25, 0.3) is 0 Å². The van der Waals surface area contributed by atoms with E-state index in [1.807, 2.05) is 0 Å². The normalized spacial score (nSPS) is 21.3. The van der Waals surface area contributed by atoms with E-state index in [0.717, 1.165) is 25.9 Å². The second-order valence-electron chi connectivity index (χ2n) is 2.18. The minimum absolute atomic E-state index is 0.309. The monoisotopic (exact) mass is 128 g/mol. The molecule has 0 aromatic carbocycles. The fourth-order valence-corrected chi connectivity index (χ4v) is 1.01. The molecule has 52 valence electrons. The zero-order valence-corrected chi connectivity index (χ0v) is 5.47. The van der Waals surface area contributed by atoms with Crippen molar-refractivity contribution in [1.82, 2.24) is 5.32 Å². The molecular weight excluding hydrogens is 116 g/mol. The van der Waals surface area contributed by atoms with Crippen LogP contribution in [0.3, 0.4) is 0 Å². The third kappa shape index (κ3) is 2.01. The first-order chi connectivity index (χ1) is 4.43. The van der Waals surface area contributed by atoms with Crippen LogP contribution in [0.15, 0.2) is 5.16 Å². The quantitative estimate of drug-likeness (QED) is 0.430. The highest BCUT2D eigenvalue weighted by Gasteiger charge is 2.12. The van der Waals surface area contributed by atoms with Crippen molar-refractivity contribution in [3.8, 4) is 0 Å². The van der Waals surface area contributed by atoms with Crippen LogP contribution in [0.1, 0.15) is 12.8 Å². The van der Waals surface area contributed by atoms with Gasteiger partial charge in [-0.3, -0.25) is 0 Å². The fourth-order valence-electron chi connectivity index (χ4n) is 1.01. The summed E-state index contributed by atoms with van der Waals surface area (Å²) in [6, 6.07) is 0. The number of oxime groups is 1. The van der Waals surface area contributed by atoms with Crippen molar-refractivity contribution in [2.45, 2.75) is 18.9 Å². The predicted octanol–water partition coefficient (Wildman–Crippen LogP) is 0.371. The molecule has 0 unspecified atom stereocenters. The molecule has 1 aliphatic heterocycles. The van der Waals surface area contributed by atoms with Gasteiger partial charge in [0, 0.05) is 6.72 Å². The highest BCUT2D eigenvalue weighted by atomic mass is 16.6. The van der Waals surface area contributed by atoms with Crippen LogP contribution in [0, 0.1) is 0 Å². The molecule has 0 atom stereocenters. The van der Waals surface area contributed by atoms with Crippen LogP contribution in [0.4, 0.5) is 0 Å². The minimum atomic E-state index is 0.309. The molecule has 1 rings (SSSR count). The molecule has 3 nitrogen and oxygen atoms in total. The standard InChI is InChI=1S/C6H12N2O/c1-7-9-6-2-4-8-5-3-6/h6,8H,1-5H2. The van der Waals surface area contributed by atoms with E-state index in [0.29, 0.717) is 6.10 Å². The van der Waals surface area contributed by atoms with Gasteiger partial charge in [-0.15, -0.1) is 5.16 Å². The van der Waals surface area contributed by atoms with Crippen molar-refractivity contribution < 1.29 is 4.84 Å². The van der Waals surface area contributed by atoms with E-state index in [4.69, 9.17) is 4.84 Å². The Morgan fingerprint density at radius 2 is 2.11 bits per heavy atom. The molecule has 3 heteroatoms. The topological polar surface area (TPSA) is 33.6 Å². The molecular formula is C6H12N2O. The first kappa shape index (κ1) is 6.55. The second-order valence-corrected chi connectivity index (χ2v) is 2.18. The Morgan fingerprint density at radius 1 is 1.44 bits per heavy atom. The van der Waals surface area contributed by atoms with Gasteiger partial charge in [0.1, 0.15) is 6.10 Å². The molecule has 0 bridgehead atoms. The van der Waals surface area contributed by atoms with E-state index >= 15 is 0 Å². The molecule has 1 N–H and O–H groups in total. The van der Waals surface area contributed by atoms with Gasteiger partial charge < -0.3 is 10.2 Å². The van der Waals surface area contributed by atoms with Crippen molar-refractivity contribution in [3.05, 3.63) is 0 Å². The summed E-state index contributed by atoms with van der Waals surface area (Å²) >= 11 is 0. The van der Waals surface area contributed by atoms with Crippen LogP contribution in [0.25, 0.3) is 0 Å². The van der Waals surface area contributed by atoms with Crippen molar-refractivity contribution in [3.63, 3.8) is 0 Å². The van der Waals surface area contributed by atoms with Crippen LogP contribution in [0.5, 0.6) is 0 Å².